The van der Waals surface area contributed by atoms with Gasteiger partial charge >= 0.3 is 11.9 Å². The van der Waals surface area contributed by atoms with Gasteiger partial charge in [0.1, 0.15) is 11.5 Å². The summed E-state index contributed by atoms with van der Waals surface area (Å²) in [7, 11) is 0. The molecule has 0 spiro atoms. The topological polar surface area (TPSA) is 120 Å². The van der Waals surface area contributed by atoms with Gasteiger partial charge in [0.15, 0.2) is 6.61 Å². The molecule has 2 amide bonds. The third-order valence-corrected chi connectivity index (χ3v) is 6.03. The second-order valence-electron chi connectivity index (χ2n) is 10.6. The van der Waals surface area contributed by atoms with E-state index < -0.39 is 24.5 Å². The van der Waals surface area contributed by atoms with Crippen LogP contribution in [0.25, 0.3) is 0 Å². The summed E-state index contributed by atoms with van der Waals surface area (Å²) in [5.74, 6) is -0.0466. The number of nitrogens with one attached hydrogen (secondary N) is 2. The van der Waals surface area contributed by atoms with E-state index in [1.165, 1.54) is 12.1 Å². The van der Waals surface area contributed by atoms with Crippen LogP contribution in [0.3, 0.4) is 0 Å². The largest absolute Gasteiger partial charge is 0.462 e. The molecule has 3 aromatic carbocycles. The van der Waals surface area contributed by atoms with Crippen LogP contribution in [0.4, 0.5) is 11.4 Å². The van der Waals surface area contributed by atoms with Crippen molar-refractivity contribution in [3.05, 3.63) is 83.4 Å². The lowest BCUT2D eigenvalue weighted by atomic mass is 10.0. The van der Waals surface area contributed by atoms with Gasteiger partial charge in [-0.05, 0) is 84.5 Å². The lowest BCUT2D eigenvalue weighted by molar-refractivity contribution is -0.147. The number of benzene rings is 3. The lowest BCUT2D eigenvalue weighted by Gasteiger charge is -2.15. The molecule has 2 N–H and O–H groups in total. The Kier molecular flexibility index (Phi) is 11.7. The Morgan fingerprint density at radius 1 is 0.738 bits per heavy atom. The predicted molar refractivity (Wildman–Crippen MR) is 161 cm³/mol. The number of rotatable bonds is 13. The number of carbonyl (C=O) groups excluding carboxylic acids is 4. The highest BCUT2D eigenvalue weighted by atomic mass is 16.5. The summed E-state index contributed by atoms with van der Waals surface area (Å²) in [4.78, 5) is 48.5. The molecular weight excluding hydrogens is 536 g/mol. The third-order valence-electron chi connectivity index (χ3n) is 6.03. The van der Waals surface area contributed by atoms with E-state index in [4.69, 9.17) is 14.2 Å². The van der Waals surface area contributed by atoms with Crippen LogP contribution >= 0.6 is 0 Å². The molecule has 0 atom stereocenters. The zero-order valence-corrected chi connectivity index (χ0v) is 24.7. The molecule has 42 heavy (non-hydrogen) atoms. The van der Waals surface area contributed by atoms with E-state index >= 15 is 0 Å². The number of amides is 2. The van der Waals surface area contributed by atoms with Crippen molar-refractivity contribution in [2.24, 2.45) is 5.92 Å². The third kappa shape index (κ3) is 10.4. The van der Waals surface area contributed by atoms with Crippen LogP contribution in [-0.4, -0.2) is 37.0 Å². The molecule has 0 saturated carbocycles. The van der Waals surface area contributed by atoms with Gasteiger partial charge in [-0.25, -0.2) is 4.79 Å². The van der Waals surface area contributed by atoms with Gasteiger partial charge in [0, 0.05) is 17.8 Å². The Morgan fingerprint density at radius 2 is 1.36 bits per heavy atom. The van der Waals surface area contributed by atoms with Crippen molar-refractivity contribution in [3.8, 4) is 11.5 Å². The Morgan fingerprint density at radius 3 is 1.98 bits per heavy atom. The molecule has 0 heterocycles. The second-order valence-corrected chi connectivity index (χ2v) is 10.6. The molecule has 0 saturated heterocycles. The maximum absolute atomic E-state index is 12.3. The van der Waals surface area contributed by atoms with Crippen LogP contribution in [0.1, 0.15) is 67.9 Å². The Bertz CT molecular complexity index is 1380. The van der Waals surface area contributed by atoms with Crippen LogP contribution < -0.4 is 15.4 Å². The van der Waals surface area contributed by atoms with Crippen molar-refractivity contribution >= 4 is 35.1 Å². The fourth-order valence-corrected chi connectivity index (χ4v) is 3.81. The first-order valence-corrected chi connectivity index (χ1v) is 13.9. The van der Waals surface area contributed by atoms with Crippen molar-refractivity contribution in [2.75, 3.05) is 23.8 Å². The molecule has 0 aliphatic carbocycles. The maximum Gasteiger partial charge on any atom is 0.338 e. The summed E-state index contributed by atoms with van der Waals surface area (Å²) in [6.07, 6.45) is -0.285. The first-order valence-electron chi connectivity index (χ1n) is 13.9. The molecule has 0 radical (unpaired) electrons. The summed E-state index contributed by atoms with van der Waals surface area (Å²) in [5.41, 5.74) is 3.58. The summed E-state index contributed by atoms with van der Waals surface area (Å²) in [6, 6.07) is 19.3. The van der Waals surface area contributed by atoms with Crippen LogP contribution in [-0.2, 0) is 23.9 Å². The minimum absolute atomic E-state index is 0.103. The van der Waals surface area contributed by atoms with Gasteiger partial charge in [-0.15, -0.1) is 0 Å². The van der Waals surface area contributed by atoms with Crippen molar-refractivity contribution in [2.45, 2.75) is 53.4 Å². The number of carbonyl (C=O) groups is 4. The fourth-order valence-electron chi connectivity index (χ4n) is 3.81. The standard InChI is InChI=1S/C33H38N2O7/c1-21(2)19-41-33(39)24-7-9-25(10-8-24)35-31(37)20-40-32(38)17-16-30(36)34-26-11-13-27(14-12-26)42-29-18-23(5)6-15-28(29)22(3)4/h6-15,18,21-22H,16-17,19-20H2,1-5H3,(H,34,36)(H,35,37). The summed E-state index contributed by atoms with van der Waals surface area (Å²) < 4.78 is 16.2. The van der Waals surface area contributed by atoms with Crippen molar-refractivity contribution in [1.82, 2.24) is 0 Å². The van der Waals surface area contributed by atoms with E-state index in [1.807, 2.05) is 26.8 Å². The van der Waals surface area contributed by atoms with E-state index in [2.05, 4.69) is 36.6 Å². The van der Waals surface area contributed by atoms with Gasteiger partial charge in [-0.1, -0.05) is 39.8 Å². The first-order chi connectivity index (χ1) is 20.0. The zero-order valence-electron chi connectivity index (χ0n) is 24.7. The Balaban J connectivity index is 1.38. The molecular formula is C33H38N2O7. The van der Waals surface area contributed by atoms with E-state index in [1.54, 1.807) is 36.4 Å². The van der Waals surface area contributed by atoms with Crippen LogP contribution in [0, 0.1) is 12.8 Å². The molecule has 0 unspecified atom stereocenters. The average Bonchev–Trinajstić information content (AvgIpc) is 2.95. The van der Waals surface area contributed by atoms with Gasteiger partial charge in [-0.3, -0.25) is 14.4 Å². The van der Waals surface area contributed by atoms with E-state index in [-0.39, 0.29) is 24.7 Å². The first kappa shape index (κ1) is 31.9. The number of anilines is 2. The van der Waals surface area contributed by atoms with Gasteiger partial charge in [0.25, 0.3) is 5.91 Å². The lowest BCUT2D eigenvalue weighted by Crippen LogP contribution is -2.21. The Labute approximate surface area is 246 Å². The Hall–Kier alpha value is -4.66. The van der Waals surface area contributed by atoms with Gasteiger partial charge < -0.3 is 24.8 Å². The number of ether oxygens (including phenoxy) is 3. The molecule has 0 aromatic heterocycles. The molecule has 222 valence electrons. The number of hydrogen-bond donors (Lipinski definition) is 2. The van der Waals surface area contributed by atoms with Gasteiger partial charge in [0.2, 0.25) is 5.91 Å². The minimum atomic E-state index is -0.675. The molecule has 9 heteroatoms. The molecule has 9 nitrogen and oxygen atoms in total. The summed E-state index contributed by atoms with van der Waals surface area (Å²) >= 11 is 0. The van der Waals surface area contributed by atoms with E-state index in [0.717, 1.165) is 16.9 Å². The average molecular weight is 575 g/mol. The van der Waals surface area contributed by atoms with Crippen LogP contribution in [0.2, 0.25) is 0 Å². The van der Waals surface area contributed by atoms with Crippen molar-refractivity contribution in [1.29, 1.82) is 0 Å². The van der Waals surface area contributed by atoms with Crippen molar-refractivity contribution in [3.63, 3.8) is 0 Å². The monoisotopic (exact) mass is 574 g/mol. The molecule has 0 aliphatic rings. The molecule has 3 aromatic rings. The normalized spacial score (nSPS) is 10.7. The maximum atomic E-state index is 12.3. The molecule has 0 aliphatic heterocycles. The minimum Gasteiger partial charge on any atom is -0.462 e. The highest BCUT2D eigenvalue weighted by molar-refractivity contribution is 5.95. The van der Waals surface area contributed by atoms with E-state index in [0.29, 0.717) is 35.2 Å². The van der Waals surface area contributed by atoms with Gasteiger partial charge in [0.05, 0.1) is 18.6 Å². The van der Waals surface area contributed by atoms with Crippen LogP contribution in [0.15, 0.2) is 66.7 Å². The summed E-state index contributed by atoms with van der Waals surface area (Å²) in [6.45, 7) is 9.93. The number of esters is 2. The molecule has 0 bridgehead atoms. The highest BCUT2D eigenvalue weighted by Gasteiger charge is 2.13. The number of hydrogen-bond acceptors (Lipinski definition) is 7. The predicted octanol–water partition coefficient (Wildman–Crippen LogP) is 6.62. The fraction of sp³-hybridized carbons (Fsp3) is 0.333. The zero-order chi connectivity index (χ0) is 30.6. The SMILES string of the molecule is Cc1ccc(C(C)C)c(Oc2ccc(NC(=O)CCC(=O)OCC(=O)Nc3ccc(C(=O)OCC(C)C)cc3)cc2)c1. The molecule has 0 fully saturated rings. The number of aryl methyl sites for hydroxylation is 1. The molecule has 3 rings (SSSR count). The van der Waals surface area contributed by atoms with Crippen molar-refractivity contribution < 1.29 is 33.4 Å². The smallest absolute Gasteiger partial charge is 0.338 e. The summed E-state index contributed by atoms with van der Waals surface area (Å²) in [5, 5.41) is 5.32. The second kappa shape index (κ2) is 15.4. The van der Waals surface area contributed by atoms with Crippen LogP contribution in [0.5, 0.6) is 11.5 Å². The quantitative estimate of drug-likeness (QED) is 0.220. The van der Waals surface area contributed by atoms with Gasteiger partial charge in [-0.2, -0.15) is 0 Å². The highest BCUT2D eigenvalue weighted by Crippen LogP contribution is 2.32. The van der Waals surface area contributed by atoms with E-state index in [9.17, 15) is 19.2 Å².